The van der Waals surface area contributed by atoms with Crippen molar-refractivity contribution < 1.29 is 17.6 Å². The van der Waals surface area contributed by atoms with Crippen LogP contribution in [-0.4, -0.2) is 21.6 Å². The smallest absolute Gasteiger partial charge is 0.264 e. The first-order chi connectivity index (χ1) is 15.9. The number of aryl methyl sites for hydroxylation is 1. The van der Waals surface area contributed by atoms with Gasteiger partial charge in [-0.1, -0.05) is 66.2 Å². The number of sulfonamides is 1. The van der Waals surface area contributed by atoms with E-state index < -0.39 is 16.1 Å². The third kappa shape index (κ3) is 3.84. The zero-order valence-corrected chi connectivity index (χ0v) is 19.6. The van der Waals surface area contributed by atoms with Crippen molar-refractivity contribution in [3.63, 3.8) is 0 Å². The summed E-state index contributed by atoms with van der Waals surface area (Å²) in [7, 11) is -3.92. The average molecular weight is 480 g/mol. The molecule has 1 aromatic heterocycles. The van der Waals surface area contributed by atoms with Crippen molar-refractivity contribution in [1.82, 2.24) is 0 Å². The van der Waals surface area contributed by atoms with E-state index >= 15 is 0 Å². The first kappa shape index (κ1) is 21.8. The largest absolute Gasteiger partial charge is 0.456 e. The van der Waals surface area contributed by atoms with Crippen LogP contribution < -0.4 is 4.31 Å². The third-order valence-electron chi connectivity index (χ3n) is 5.70. The average Bonchev–Trinajstić information content (AvgIpc) is 3.16. The van der Waals surface area contributed by atoms with Crippen molar-refractivity contribution in [2.24, 2.45) is 0 Å². The molecule has 1 aliphatic rings. The number of hydrogen-bond donors (Lipinski definition) is 0. The summed E-state index contributed by atoms with van der Waals surface area (Å²) in [6, 6.07) is 21.5. The van der Waals surface area contributed by atoms with Gasteiger partial charge in [-0.25, -0.2) is 8.42 Å². The minimum absolute atomic E-state index is 0.0714. The SMILES string of the molecule is C=C1COC(c2ccccc2Cl)c2oc3ccccc3c2N(S(=O)(=O)c2ccc(C)cc2)C1. The quantitative estimate of drug-likeness (QED) is 0.325. The number of hydrogen-bond acceptors (Lipinski definition) is 4. The van der Waals surface area contributed by atoms with Crippen molar-refractivity contribution >= 4 is 38.3 Å². The fourth-order valence-electron chi connectivity index (χ4n) is 4.05. The predicted molar refractivity (Wildman–Crippen MR) is 130 cm³/mol. The molecule has 5 rings (SSSR count). The van der Waals surface area contributed by atoms with E-state index in [0.29, 0.717) is 38.6 Å². The summed E-state index contributed by atoms with van der Waals surface area (Å²) in [5.74, 6) is 0.396. The highest BCUT2D eigenvalue weighted by Crippen LogP contribution is 2.45. The molecule has 0 radical (unpaired) electrons. The van der Waals surface area contributed by atoms with Gasteiger partial charge >= 0.3 is 0 Å². The Labute approximate surface area is 197 Å². The number of halogens is 1. The van der Waals surface area contributed by atoms with Crippen LogP contribution in [0.5, 0.6) is 0 Å². The fraction of sp³-hybridized carbons (Fsp3) is 0.154. The molecule has 1 atom stereocenters. The molecule has 7 heteroatoms. The first-order valence-electron chi connectivity index (χ1n) is 10.5. The van der Waals surface area contributed by atoms with E-state index in [9.17, 15) is 8.42 Å². The summed E-state index contributed by atoms with van der Waals surface area (Å²) in [5.41, 5.74) is 3.31. The normalized spacial score (nSPS) is 17.0. The lowest BCUT2D eigenvalue weighted by Gasteiger charge is -2.30. The Morgan fingerprint density at radius 2 is 1.70 bits per heavy atom. The number of para-hydroxylation sites is 1. The Kier molecular flexibility index (Phi) is 5.52. The Bertz CT molecular complexity index is 1460. The lowest BCUT2D eigenvalue weighted by molar-refractivity contribution is 0.0822. The van der Waals surface area contributed by atoms with E-state index in [1.54, 1.807) is 30.3 Å². The van der Waals surface area contributed by atoms with E-state index in [2.05, 4.69) is 6.58 Å². The molecule has 0 saturated heterocycles. The van der Waals surface area contributed by atoms with Crippen molar-refractivity contribution in [1.29, 1.82) is 0 Å². The van der Waals surface area contributed by atoms with Gasteiger partial charge in [-0.05, 0) is 42.8 Å². The Hall–Kier alpha value is -3.06. The van der Waals surface area contributed by atoms with Crippen LogP contribution in [-0.2, 0) is 14.8 Å². The lowest BCUT2D eigenvalue weighted by Crippen LogP contribution is -2.36. The van der Waals surface area contributed by atoms with Gasteiger partial charge in [-0.2, -0.15) is 0 Å². The van der Waals surface area contributed by atoms with Gasteiger partial charge < -0.3 is 9.15 Å². The van der Waals surface area contributed by atoms with E-state index in [1.165, 1.54) is 4.31 Å². The van der Waals surface area contributed by atoms with Crippen LogP contribution in [0.1, 0.15) is 23.0 Å². The van der Waals surface area contributed by atoms with Crippen LogP contribution in [0.15, 0.2) is 94.3 Å². The zero-order valence-electron chi connectivity index (χ0n) is 18.0. The summed E-state index contributed by atoms with van der Waals surface area (Å²) < 4.78 is 41.6. The molecule has 0 spiro atoms. The molecule has 1 aliphatic heterocycles. The van der Waals surface area contributed by atoms with E-state index in [0.717, 1.165) is 5.56 Å². The van der Waals surface area contributed by atoms with Crippen LogP contribution >= 0.6 is 11.6 Å². The maximum absolute atomic E-state index is 13.9. The van der Waals surface area contributed by atoms with E-state index in [4.69, 9.17) is 20.8 Å². The molecule has 168 valence electrons. The van der Waals surface area contributed by atoms with Crippen LogP contribution in [0.3, 0.4) is 0 Å². The van der Waals surface area contributed by atoms with Gasteiger partial charge in [-0.3, -0.25) is 4.31 Å². The van der Waals surface area contributed by atoms with E-state index in [1.807, 2.05) is 49.4 Å². The summed E-state index contributed by atoms with van der Waals surface area (Å²) in [4.78, 5) is 0.202. The van der Waals surface area contributed by atoms with Gasteiger partial charge in [0, 0.05) is 16.0 Å². The summed E-state index contributed by atoms with van der Waals surface area (Å²) in [6.45, 7) is 6.23. The van der Waals surface area contributed by atoms with Crippen LogP contribution in [0.25, 0.3) is 11.0 Å². The van der Waals surface area contributed by atoms with Crippen molar-refractivity contribution in [2.75, 3.05) is 17.5 Å². The molecule has 0 bridgehead atoms. The van der Waals surface area contributed by atoms with Crippen LogP contribution in [0.2, 0.25) is 5.02 Å². The van der Waals surface area contributed by atoms with Crippen LogP contribution in [0.4, 0.5) is 5.69 Å². The molecule has 0 N–H and O–H groups in total. The number of anilines is 1. The number of furan rings is 1. The van der Waals surface area contributed by atoms with Gasteiger partial charge in [0.05, 0.1) is 18.0 Å². The topological polar surface area (TPSA) is 59.8 Å². The van der Waals surface area contributed by atoms with Crippen molar-refractivity contribution in [2.45, 2.75) is 17.9 Å². The number of rotatable bonds is 3. The molecule has 3 aromatic carbocycles. The van der Waals surface area contributed by atoms with Gasteiger partial charge in [0.15, 0.2) is 5.76 Å². The maximum atomic E-state index is 13.9. The van der Waals surface area contributed by atoms with E-state index in [-0.39, 0.29) is 18.0 Å². The molecule has 4 aromatic rings. The van der Waals surface area contributed by atoms with Crippen LogP contribution in [0, 0.1) is 6.92 Å². The third-order valence-corrected chi connectivity index (χ3v) is 7.81. The molecule has 1 unspecified atom stereocenters. The molecular formula is C26H22ClNO4S. The minimum Gasteiger partial charge on any atom is -0.456 e. The van der Waals surface area contributed by atoms with Gasteiger partial charge in [-0.15, -0.1) is 0 Å². The highest BCUT2D eigenvalue weighted by molar-refractivity contribution is 7.92. The fourth-order valence-corrected chi connectivity index (χ4v) is 5.80. The summed E-state index contributed by atoms with van der Waals surface area (Å²) in [6.07, 6.45) is -0.700. The Balaban J connectivity index is 1.79. The predicted octanol–water partition coefficient (Wildman–Crippen LogP) is 6.27. The van der Waals surface area contributed by atoms with Crippen molar-refractivity contribution in [3.8, 4) is 0 Å². The molecule has 0 fully saturated rings. The molecule has 0 saturated carbocycles. The molecule has 2 heterocycles. The van der Waals surface area contributed by atoms with Gasteiger partial charge in [0.2, 0.25) is 0 Å². The van der Waals surface area contributed by atoms with Gasteiger partial charge in [0.25, 0.3) is 10.0 Å². The molecule has 5 nitrogen and oxygen atoms in total. The Morgan fingerprint density at radius 1 is 1.00 bits per heavy atom. The first-order valence-corrected chi connectivity index (χ1v) is 12.3. The minimum atomic E-state index is -3.92. The molecular weight excluding hydrogens is 458 g/mol. The monoisotopic (exact) mass is 479 g/mol. The number of benzene rings is 3. The van der Waals surface area contributed by atoms with Gasteiger partial charge in [0.1, 0.15) is 17.4 Å². The zero-order chi connectivity index (χ0) is 23.2. The summed E-state index contributed by atoms with van der Waals surface area (Å²) >= 11 is 6.51. The number of nitrogens with zero attached hydrogens (tertiary/aromatic N) is 1. The summed E-state index contributed by atoms with van der Waals surface area (Å²) in [5, 5.41) is 1.19. The lowest BCUT2D eigenvalue weighted by atomic mass is 10.0. The highest BCUT2D eigenvalue weighted by atomic mass is 35.5. The molecule has 0 amide bonds. The maximum Gasteiger partial charge on any atom is 0.264 e. The second-order valence-electron chi connectivity index (χ2n) is 8.10. The number of fused-ring (bicyclic) bond motifs is 3. The van der Waals surface area contributed by atoms with Crippen molar-refractivity contribution in [3.05, 3.63) is 107 Å². The highest BCUT2D eigenvalue weighted by Gasteiger charge is 2.37. The molecule has 33 heavy (non-hydrogen) atoms. The molecule has 0 aliphatic carbocycles. The second kappa shape index (κ2) is 8.37. The second-order valence-corrected chi connectivity index (χ2v) is 10.4. The number of ether oxygens (including phenoxy) is 1. The standard InChI is InChI=1S/C26H22ClNO4S/c1-17-11-13-19(14-12-17)33(29,30)28-15-18(2)16-31-25(20-7-3-5-9-22(20)27)26-24(28)21-8-4-6-10-23(21)32-26/h3-14,25H,2,15-16H2,1H3. The Morgan fingerprint density at radius 3 is 2.45 bits per heavy atom.